The van der Waals surface area contributed by atoms with Crippen molar-refractivity contribution in [3.05, 3.63) is 62.3 Å². The fourth-order valence-electron chi connectivity index (χ4n) is 1.99. The van der Waals surface area contributed by atoms with Crippen molar-refractivity contribution in [1.29, 1.82) is 0 Å². The molecule has 0 aliphatic heterocycles. The maximum Gasteiger partial charge on any atom is 0.129 e. The van der Waals surface area contributed by atoms with Gasteiger partial charge < -0.3 is 9.84 Å². The van der Waals surface area contributed by atoms with E-state index in [9.17, 15) is 9.50 Å². The Morgan fingerprint density at radius 1 is 1.15 bits per heavy atom. The monoisotopic (exact) mass is 402 g/mol. The topological polar surface area (TPSA) is 29.5 Å². The molecule has 1 unspecified atom stereocenters. The number of ether oxygens (including phenoxy) is 1. The Labute approximate surface area is 133 Å². The zero-order valence-corrected chi connectivity index (χ0v) is 13.9. The molecule has 2 aromatic rings. The van der Waals surface area contributed by atoms with E-state index in [1.807, 2.05) is 18.2 Å². The summed E-state index contributed by atoms with van der Waals surface area (Å²) in [5.74, 6) is 0.248. The van der Waals surface area contributed by atoms with Gasteiger partial charge in [0, 0.05) is 20.9 Å². The standard InChI is InChI=1S/C15H13Br2FO2/c1-20-15-5-3-10(16)6-9(15)7-14(19)12-8-11(17)2-4-13(12)18/h2-6,8,14,19H,7H2,1H3. The van der Waals surface area contributed by atoms with Crippen LogP contribution in [0.15, 0.2) is 45.3 Å². The number of benzene rings is 2. The molecular formula is C15H13Br2FO2. The van der Waals surface area contributed by atoms with Gasteiger partial charge in [-0.3, -0.25) is 0 Å². The molecule has 0 saturated heterocycles. The maximum atomic E-state index is 13.8. The van der Waals surface area contributed by atoms with Crippen molar-refractivity contribution in [3.63, 3.8) is 0 Å². The molecule has 106 valence electrons. The van der Waals surface area contributed by atoms with E-state index in [1.165, 1.54) is 6.07 Å². The van der Waals surface area contributed by atoms with E-state index in [0.717, 1.165) is 14.5 Å². The minimum Gasteiger partial charge on any atom is -0.496 e. The van der Waals surface area contributed by atoms with Gasteiger partial charge in [0.25, 0.3) is 0 Å². The smallest absolute Gasteiger partial charge is 0.129 e. The van der Waals surface area contributed by atoms with Crippen LogP contribution in [0.2, 0.25) is 0 Å². The number of methoxy groups -OCH3 is 1. The van der Waals surface area contributed by atoms with E-state index >= 15 is 0 Å². The van der Waals surface area contributed by atoms with E-state index < -0.39 is 11.9 Å². The molecule has 1 N–H and O–H groups in total. The summed E-state index contributed by atoms with van der Waals surface area (Å²) < 4.78 is 20.6. The number of rotatable bonds is 4. The van der Waals surface area contributed by atoms with Crippen LogP contribution < -0.4 is 4.74 Å². The van der Waals surface area contributed by atoms with Crippen LogP contribution in [-0.2, 0) is 6.42 Å². The molecular weight excluding hydrogens is 391 g/mol. The Morgan fingerprint density at radius 3 is 2.50 bits per heavy atom. The third-order valence-electron chi connectivity index (χ3n) is 2.97. The first-order valence-corrected chi connectivity index (χ1v) is 7.55. The van der Waals surface area contributed by atoms with Gasteiger partial charge in [-0.2, -0.15) is 0 Å². The Balaban J connectivity index is 2.29. The van der Waals surface area contributed by atoms with Crippen LogP contribution in [0.4, 0.5) is 4.39 Å². The highest BCUT2D eigenvalue weighted by Gasteiger charge is 2.16. The van der Waals surface area contributed by atoms with Crippen LogP contribution in [0.3, 0.4) is 0 Å². The van der Waals surface area contributed by atoms with Crippen molar-refractivity contribution < 1.29 is 14.2 Å². The fraction of sp³-hybridized carbons (Fsp3) is 0.200. The van der Waals surface area contributed by atoms with Gasteiger partial charge >= 0.3 is 0 Å². The molecule has 0 aliphatic rings. The SMILES string of the molecule is COc1ccc(Br)cc1CC(O)c1cc(Br)ccc1F. The van der Waals surface area contributed by atoms with E-state index in [4.69, 9.17) is 4.74 Å². The van der Waals surface area contributed by atoms with E-state index in [0.29, 0.717) is 5.75 Å². The van der Waals surface area contributed by atoms with E-state index in [2.05, 4.69) is 31.9 Å². The summed E-state index contributed by atoms with van der Waals surface area (Å²) in [6.07, 6.45) is -0.661. The van der Waals surface area contributed by atoms with Crippen molar-refractivity contribution in [2.45, 2.75) is 12.5 Å². The molecule has 0 fully saturated rings. The fourth-order valence-corrected chi connectivity index (χ4v) is 2.78. The second kappa shape index (κ2) is 6.70. The number of aliphatic hydroxyl groups is 1. The van der Waals surface area contributed by atoms with Crippen molar-refractivity contribution in [2.75, 3.05) is 7.11 Å². The largest absolute Gasteiger partial charge is 0.496 e. The molecule has 2 aromatic carbocycles. The van der Waals surface area contributed by atoms with Crippen molar-refractivity contribution in [2.24, 2.45) is 0 Å². The summed E-state index contributed by atoms with van der Waals surface area (Å²) >= 11 is 6.66. The van der Waals surface area contributed by atoms with Gasteiger partial charge in [0.15, 0.2) is 0 Å². The Kier molecular flexibility index (Phi) is 5.18. The molecule has 0 spiro atoms. The minimum absolute atomic E-state index is 0.265. The summed E-state index contributed by atoms with van der Waals surface area (Å²) in [7, 11) is 1.57. The predicted octanol–water partition coefficient (Wildman–Crippen LogP) is 4.64. The van der Waals surface area contributed by atoms with Crippen LogP contribution in [0.1, 0.15) is 17.2 Å². The van der Waals surface area contributed by atoms with Gasteiger partial charge in [-0.1, -0.05) is 31.9 Å². The Bertz CT molecular complexity index is 617. The first-order chi connectivity index (χ1) is 9.51. The molecule has 0 bridgehead atoms. The number of aliphatic hydroxyl groups excluding tert-OH is 1. The number of hydrogen-bond acceptors (Lipinski definition) is 2. The molecule has 2 nitrogen and oxygen atoms in total. The van der Waals surface area contributed by atoms with Gasteiger partial charge in [-0.15, -0.1) is 0 Å². The highest BCUT2D eigenvalue weighted by Crippen LogP contribution is 2.30. The summed E-state index contributed by atoms with van der Waals surface area (Å²) in [6.45, 7) is 0. The quantitative estimate of drug-likeness (QED) is 0.805. The molecule has 0 radical (unpaired) electrons. The van der Waals surface area contributed by atoms with Gasteiger partial charge in [0.2, 0.25) is 0 Å². The second-order valence-corrected chi connectivity index (χ2v) is 6.17. The lowest BCUT2D eigenvalue weighted by molar-refractivity contribution is 0.172. The Hall–Kier alpha value is -0.910. The third kappa shape index (κ3) is 3.59. The minimum atomic E-state index is -0.935. The lowest BCUT2D eigenvalue weighted by Gasteiger charge is -2.15. The average molecular weight is 404 g/mol. The zero-order chi connectivity index (χ0) is 14.7. The van der Waals surface area contributed by atoms with Gasteiger partial charge in [-0.05, 0) is 42.0 Å². The highest BCUT2D eigenvalue weighted by atomic mass is 79.9. The van der Waals surface area contributed by atoms with E-state index in [1.54, 1.807) is 19.2 Å². The normalized spacial score (nSPS) is 12.2. The summed E-state index contributed by atoms with van der Waals surface area (Å²) in [4.78, 5) is 0. The van der Waals surface area contributed by atoms with Crippen molar-refractivity contribution >= 4 is 31.9 Å². The summed E-state index contributed by atoms with van der Waals surface area (Å²) in [6, 6.07) is 10.0. The molecule has 20 heavy (non-hydrogen) atoms. The van der Waals surface area contributed by atoms with E-state index in [-0.39, 0.29) is 12.0 Å². The second-order valence-electron chi connectivity index (χ2n) is 4.34. The molecule has 5 heteroatoms. The van der Waals surface area contributed by atoms with Crippen LogP contribution in [-0.4, -0.2) is 12.2 Å². The van der Waals surface area contributed by atoms with Crippen LogP contribution >= 0.6 is 31.9 Å². The van der Waals surface area contributed by atoms with Gasteiger partial charge in [-0.25, -0.2) is 4.39 Å². The molecule has 2 rings (SSSR count). The predicted molar refractivity (Wildman–Crippen MR) is 83.5 cm³/mol. The summed E-state index contributed by atoms with van der Waals surface area (Å²) in [5.41, 5.74) is 1.08. The number of halogens is 3. The lowest BCUT2D eigenvalue weighted by Crippen LogP contribution is -2.05. The Morgan fingerprint density at radius 2 is 1.80 bits per heavy atom. The molecule has 0 saturated carbocycles. The third-order valence-corrected chi connectivity index (χ3v) is 3.96. The molecule has 0 amide bonds. The summed E-state index contributed by atoms with van der Waals surface area (Å²) in [5, 5.41) is 10.3. The highest BCUT2D eigenvalue weighted by molar-refractivity contribution is 9.10. The van der Waals surface area contributed by atoms with Crippen molar-refractivity contribution in [1.82, 2.24) is 0 Å². The first kappa shape index (κ1) is 15.5. The average Bonchev–Trinajstić information content (AvgIpc) is 2.41. The van der Waals surface area contributed by atoms with Gasteiger partial charge in [0.1, 0.15) is 11.6 Å². The first-order valence-electron chi connectivity index (χ1n) is 5.96. The van der Waals surface area contributed by atoms with Crippen LogP contribution in [0.25, 0.3) is 0 Å². The number of hydrogen-bond donors (Lipinski definition) is 1. The van der Waals surface area contributed by atoms with Crippen molar-refractivity contribution in [3.8, 4) is 5.75 Å². The maximum absolute atomic E-state index is 13.8. The molecule has 1 atom stereocenters. The zero-order valence-electron chi connectivity index (χ0n) is 10.7. The molecule has 0 aliphatic carbocycles. The van der Waals surface area contributed by atoms with Crippen LogP contribution in [0, 0.1) is 5.82 Å². The lowest BCUT2D eigenvalue weighted by atomic mass is 10.0. The molecule has 0 aromatic heterocycles. The molecule has 0 heterocycles. The van der Waals surface area contributed by atoms with Crippen LogP contribution in [0.5, 0.6) is 5.75 Å². The van der Waals surface area contributed by atoms with Gasteiger partial charge in [0.05, 0.1) is 13.2 Å².